The molecule has 0 spiro atoms. The van der Waals surface area contributed by atoms with Crippen molar-refractivity contribution in [3.8, 4) is 16.9 Å². The van der Waals surface area contributed by atoms with Crippen LogP contribution in [0.1, 0.15) is 42.7 Å². The van der Waals surface area contributed by atoms with Crippen molar-refractivity contribution >= 4 is 0 Å². The molecular formula is C24H18F6O. The van der Waals surface area contributed by atoms with Gasteiger partial charge in [0.2, 0.25) is 0 Å². The first-order chi connectivity index (χ1) is 14.7. The van der Waals surface area contributed by atoms with Gasteiger partial charge in [0.15, 0.2) is 11.6 Å². The van der Waals surface area contributed by atoms with Crippen LogP contribution in [-0.2, 0) is 6.11 Å². The number of ether oxygens (including phenoxy) is 1. The molecule has 0 radical (unpaired) electrons. The van der Waals surface area contributed by atoms with Crippen molar-refractivity contribution in [3.63, 3.8) is 0 Å². The molecule has 0 atom stereocenters. The van der Waals surface area contributed by atoms with Crippen LogP contribution < -0.4 is 4.74 Å². The molecular weight excluding hydrogens is 418 g/mol. The Morgan fingerprint density at radius 3 is 1.87 bits per heavy atom. The largest absolute Gasteiger partial charge is 0.432 e. The lowest BCUT2D eigenvalue weighted by atomic mass is 9.94. The van der Waals surface area contributed by atoms with Gasteiger partial charge in [0.25, 0.3) is 0 Å². The molecule has 3 aromatic carbocycles. The second-order valence-corrected chi connectivity index (χ2v) is 7.61. The molecule has 7 heteroatoms. The Balaban J connectivity index is 1.61. The SMILES string of the molecule is Fc1ccc(OC(F)(F)c2c(F)cc(-c3ccc(C4CCCC4)cc3)cc2F)cc1F. The fourth-order valence-corrected chi connectivity index (χ4v) is 3.96. The molecule has 0 unspecified atom stereocenters. The van der Waals surface area contributed by atoms with Gasteiger partial charge in [-0.1, -0.05) is 37.1 Å². The van der Waals surface area contributed by atoms with E-state index >= 15 is 0 Å². The summed E-state index contributed by atoms with van der Waals surface area (Å²) in [5, 5.41) is 0. The average molecular weight is 436 g/mol. The van der Waals surface area contributed by atoms with Crippen LogP contribution in [0.15, 0.2) is 54.6 Å². The van der Waals surface area contributed by atoms with E-state index in [2.05, 4.69) is 4.74 Å². The van der Waals surface area contributed by atoms with Gasteiger partial charge < -0.3 is 4.74 Å². The maximum atomic E-state index is 14.5. The van der Waals surface area contributed by atoms with Crippen LogP contribution in [0.3, 0.4) is 0 Å². The third-order valence-electron chi connectivity index (χ3n) is 5.54. The molecule has 1 nitrogen and oxygen atoms in total. The quantitative estimate of drug-likeness (QED) is 0.373. The van der Waals surface area contributed by atoms with Crippen molar-refractivity contribution in [2.45, 2.75) is 37.7 Å². The Kier molecular flexibility index (Phi) is 5.69. The van der Waals surface area contributed by atoms with Crippen molar-refractivity contribution in [2.24, 2.45) is 0 Å². The highest BCUT2D eigenvalue weighted by Crippen LogP contribution is 2.38. The van der Waals surface area contributed by atoms with E-state index < -0.39 is 40.7 Å². The lowest BCUT2D eigenvalue weighted by Crippen LogP contribution is -2.25. The van der Waals surface area contributed by atoms with Gasteiger partial charge in [-0.15, -0.1) is 0 Å². The number of alkyl halides is 2. The fraction of sp³-hybridized carbons (Fsp3) is 0.250. The van der Waals surface area contributed by atoms with E-state index in [-0.39, 0.29) is 5.56 Å². The van der Waals surface area contributed by atoms with Crippen LogP contribution in [0.25, 0.3) is 11.1 Å². The van der Waals surface area contributed by atoms with Crippen LogP contribution in [0.2, 0.25) is 0 Å². The minimum absolute atomic E-state index is 0.0975. The summed E-state index contributed by atoms with van der Waals surface area (Å²) in [7, 11) is 0. The van der Waals surface area contributed by atoms with Gasteiger partial charge in [-0.25, -0.2) is 17.6 Å². The number of halogens is 6. The summed E-state index contributed by atoms with van der Waals surface area (Å²) in [6.45, 7) is 0. The molecule has 1 fully saturated rings. The molecule has 1 aliphatic carbocycles. The van der Waals surface area contributed by atoms with Crippen LogP contribution in [0, 0.1) is 23.3 Å². The Bertz CT molecular complexity index is 1060. The molecule has 162 valence electrons. The van der Waals surface area contributed by atoms with Gasteiger partial charge in [-0.2, -0.15) is 8.78 Å². The molecule has 1 saturated carbocycles. The molecule has 0 N–H and O–H groups in total. The highest BCUT2D eigenvalue weighted by Gasteiger charge is 2.41. The topological polar surface area (TPSA) is 9.23 Å². The van der Waals surface area contributed by atoms with E-state index in [1.165, 1.54) is 12.8 Å². The second kappa shape index (κ2) is 8.29. The summed E-state index contributed by atoms with van der Waals surface area (Å²) in [6, 6.07) is 10.5. The zero-order valence-electron chi connectivity index (χ0n) is 16.3. The van der Waals surface area contributed by atoms with Crippen molar-refractivity contribution < 1.29 is 31.1 Å². The van der Waals surface area contributed by atoms with E-state index in [9.17, 15) is 26.3 Å². The van der Waals surface area contributed by atoms with E-state index in [4.69, 9.17) is 0 Å². The summed E-state index contributed by atoms with van der Waals surface area (Å²) in [5.41, 5.74) is 0.116. The Morgan fingerprint density at radius 1 is 0.677 bits per heavy atom. The summed E-state index contributed by atoms with van der Waals surface area (Å²) in [4.78, 5) is 0. The summed E-state index contributed by atoms with van der Waals surface area (Å²) < 4.78 is 88.4. The summed E-state index contributed by atoms with van der Waals surface area (Å²) in [6.07, 6.45) is 0.105. The number of benzene rings is 3. The van der Waals surface area contributed by atoms with Crippen LogP contribution in [0.5, 0.6) is 5.75 Å². The van der Waals surface area contributed by atoms with Gasteiger partial charge >= 0.3 is 6.11 Å². The molecule has 0 aromatic heterocycles. The third-order valence-corrected chi connectivity index (χ3v) is 5.54. The molecule has 0 amide bonds. The third kappa shape index (κ3) is 4.40. The van der Waals surface area contributed by atoms with E-state index in [0.717, 1.165) is 36.6 Å². The molecule has 0 saturated heterocycles. The van der Waals surface area contributed by atoms with Gasteiger partial charge in [0.05, 0.1) is 0 Å². The zero-order chi connectivity index (χ0) is 22.2. The second-order valence-electron chi connectivity index (χ2n) is 7.61. The lowest BCUT2D eigenvalue weighted by molar-refractivity contribution is -0.189. The van der Waals surface area contributed by atoms with E-state index in [1.54, 1.807) is 12.1 Å². The molecule has 4 rings (SSSR count). The number of hydrogen-bond donors (Lipinski definition) is 0. The first kappa shape index (κ1) is 21.3. The Labute approximate surface area is 175 Å². The van der Waals surface area contributed by atoms with Gasteiger partial charge in [0.1, 0.15) is 22.9 Å². The maximum absolute atomic E-state index is 14.5. The maximum Gasteiger partial charge on any atom is 0.432 e. The lowest BCUT2D eigenvalue weighted by Gasteiger charge is -2.20. The fourth-order valence-electron chi connectivity index (χ4n) is 3.96. The highest BCUT2D eigenvalue weighted by molar-refractivity contribution is 5.64. The van der Waals surface area contributed by atoms with Gasteiger partial charge in [-0.05, 0) is 59.7 Å². The molecule has 3 aromatic rings. The van der Waals surface area contributed by atoms with Crippen molar-refractivity contribution in [2.75, 3.05) is 0 Å². The van der Waals surface area contributed by atoms with E-state index in [0.29, 0.717) is 23.6 Å². The Hall–Kier alpha value is -2.96. The first-order valence-corrected chi connectivity index (χ1v) is 9.86. The predicted octanol–water partition coefficient (Wildman–Crippen LogP) is 7.70. The summed E-state index contributed by atoms with van der Waals surface area (Å²) in [5.74, 6) is -6.02. The minimum atomic E-state index is -4.44. The van der Waals surface area contributed by atoms with Crippen molar-refractivity contribution in [1.29, 1.82) is 0 Å². The van der Waals surface area contributed by atoms with Gasteiger partial charge in [-0.3, -0.25) is 0 Å². The van der Waals surface area contributed by atoms with Crippen LogP contribution >= 0.6 is 0 Å². The molecule has 31 heavy (non-hydrogen) atoms. The van der Waals surface area contributed by atoms with Crippen molar-refractivity contribution in [3.05, 3.63) is 89.0 Å². The standard InChI is InChI=1S/C24H18F6O/c25-19-10-9-18(13-20(19)26)31-24(29,30)23-21(27)11-17(12-22(23)28)16-7-5-15(6-8-16)14-3-1-2-4-14/h5-14H,1-4H2. The van der Waals surface area contributed by atoms with Crippen molar-refractivity contribution in [1.82, 2.24) is 0 Å². The average Bonchev–Trinajstić information content (AvgIpc) is 3.25. The van der Waals surface area contributed by atoms with E-state index in [1.807, 2.05) is 12.1 Å². The molecule has 0 heterocycles. The minimum Gasteiger partial charge on any atom is -0.429 e. The normalized spacial score (nSPS) is 14.8. The molecule has 1 aliphatic rings. The molecule has 0 aliphatic heterocycles. The first-order valence-electron chi connectivity index (χ1n) is 9.86. The Morgan fingerprint density at radius 2 is 1.29 bits per heavy atom. The number of rotatable bonds is 5. The van der Waals surface area contributed by atoms with Gasteiger partial charge in [0, 0.05) is 6.07 Å². The monoisotopic (exact) mass is 436 g/mol. The zero-order valence-corrected chi connectivity index (χ0v) is 16.3. The smallest absolute Gasteiger partial charge is 0.429 e. The predicted molar refractivity (Wildman–Crippen MR) is 104 cm³/mol. The van der Waals surface area contributed by atoms with Crippen LogP contribution in [-0.4, -0.2) is 0 Å². The summed E-state index contributed by atoms with van der Waals surface area (Å²) >= 11 is 0. The number of hydrogen-bond acceptors (Lipinski definition) is 1. The highest BCUT2D eigenvalue weighted by atomic mass is 19.3. The van der Waals surface area contributed by atoms with Crippen LogP contribution in [0.4, 0.5) is 26.3 Å². The molecule has 0 bridgehead atoms.